The quantitative estimate of drug-likeness (QED) is 0.221. The van der Waals surface area contributed by atoms with Crippen LogP contribution in [0, 0.1) is 40.7 Å². The van der Waals surface area contributed by atoms with E-state index in [4.69, 9.17) is 9.72 Å². The van der Waals surface area contributed by atoms with Crippen LogP contribution >= 0.6 is 0 Å². The molecule has 0 unspecified atom stereocenters. The first kappa shape index (κ1) is 24.8. The van der Waals surface area contributed by atoms with Gasteiger partial charge >= 0.3 is 0 Å². The van der Waals surface area contributed by atoms with Crippen molar-refractivity contribution in [2.75, 3.05) is 0 Å². The van der Waals surface area contributed by atoms with Crippen LogP contribution in [0.2, 0.25) is 0 Å². The Kier molecular flexibility index (Phi) is 6.20. The molecule has 0 saturated carbocycles. The number of phenolic OH excluding ortho intramolecular Hbond substituents is 1. The Morgan fingerprint density at radius 3 is 2.46 bits per heavy atom. The Hall–Kier alpha value is -3.83. The van der Waals surface area contributed by atoms with Crippen molar-refractivity contribution >= 4 is 33.0 Å². The largest absolute Gasteiger partial charge is 0.505 e. The van der Waals surface area contributed by atoms with Crippen molar-refractivity contribution in [2.45, 2.75) is 34.6 Å². The van der Waals surface area contributed by atoms with E-state index in [-0.39, 0.29) is 26.8 Å². The van der Waals surface area contributed by atoms with Crippen LogP contribution in [-0.2, 0) is 21.1 Å². The van der Waals surface area contributed by atoms with Gasteiger partial charge in [-0.1, -0.05) is 23.8 Å². The number of rotatable bonds is 3. The van der Waals surface area contributed by atoms with E-state index < -0.39 is 0 Å². The molecular formula is C29H24N5O2Pt-. The van der Waals surface area contributed by atoms with Crippen molar-refractivity contribution in [1.82, 2.24) is 24.5 Å². The summed E-state index contributed by atoms with van der Waals surface area (Å²) in [5.74, 6) is 1.58. The van der Waals surface area contributed by atoms with Crippen molar-refractivity contribution in [3.63, 3.8) is 0 Å². The topological polar surface area (TPSA) is 86.0 Å². The Morgan fingerprint density at radius 2 is 1.68 bits per heavy atom. The molecule has 4 aromatic heterocycles. The molecule has 0 aliphatic carbocycles. The average Bonchev–Trinajstić information content (AvgIpc) is 3.16. The molecular weight excluding hydrogens is 645 g/mol. The number of hydrogen-bond acceptors (Lipinski definition) is 6. The SMILES string of the molecule is Cc1ccnc(-n2c3[c-]c(Oc4nc5c(O)c(C)ccc5nc4C)cnc3c3cc(C)cc(C)c32)c1.[Pt]. The van der Waals surface area contributed by atoms with Crippen LogP contribution in [0.25, 0.3) is 38.8 Å². The third kappa shape index (κ3) is 4.13. The van der Waals surface area contributed by atoms with Crippen molar-refractivity contribution in [2.24, 2.45) is 0 Å². The van der Waals surface area contributed by atoms with Crippen molar-refractivity contribution in [3.8, 4) is 23.2 Å². The molecule has 4 heterocycles. The second-order valence-corrected chi connectivity index (χ2v) is 9.26. The van der Waals surface area contributed by atoms with Gasteiger partial charge in [0.25, 0.3) is 0 Å². The number of aryl methyl sites for hydroxylation is 5. The number of aromatic nitrogens is 5. The smallest absolute Gasteiger partial charge is 0.239 e. The minimum atomic E-state index is 0. The van der Waals surface area contributed by atoms with Gasteiger partial charge in [0.15, 0.2) is 0 Å². The maximum absolute atomic E-state index is 10.5. The van der Waals surface area contributed by atoms with Crippen molar-refractivity contribution in [1.29, 1.82) is 0 Å². The molecule has 0 fully saturated rings. The van der Waals surface area contributed by atoms with Crippen molar-refractivity contribution in [3.05, 3.63) is 82.8 Å². The van der Waals surface area contributed by atoms with E-state index >= 15 is 0 Å². The zero-order valence-corrected chi connectivity index (χ0v) is 23.3. The van der Waals surface area contributed by atoms with Gasteiger partial charge in [0.1, 0.15) is 22.8 Å². The number of aromatic hydroxyl groups is 1. The fourth-order valence-corrected chi connectivity index (χ4v) is 4.71. The van der Waals surface area contributed by atoms with Gasteiger partial charge < -0.3 is 19.4 Å². The van der Waals surface area contributed by atoms with E-state index in [0.717, 1.165) is 50.0 Å². The zero-order chi connectivity index (χ0) is 25.1. The summed E-state index contributed by atoms with van der Waals surface area (Å²) in [5, 5.41) is 11.5. The summed E-state index contributed by atoms with van der Waals surface area (Å²) in [6.07, 6.45) is 3.46. The predicted molar refractivity (Wildman–Crippen MR) is 140 cm³/mol. The summed E-state index contributed by atoms with van der Waals surface area (Å²) >= 11 is 0. The normalized spacial score (nSPS) is 11.3. The van der Waals surface area contributed by atoms with Gasteiger partial charge in [0.05, 0.1) is 5.52 Å². The van der Waals surface area contributed by atoms with Crippen LogP contribution in [0.1, 0.15) is 27.9 Å². The second kappa shape index (κ2) is 9.24. The first-order chi connectivity index (χ1) is 17.3. The van der Waals surface area contributed by atoms with E-state index in [1.807, 2.05) is 51.2 Å². The molecule has 0 amide bonds. The minimum absolute atomic E-state index is 0. The number of nitrogens with zero attached hydrogens (tertiary/aromatic N) is 5. The summed E-state index contributed by atoms with van der Waals surface area (Å²) < 4.78 is 8.23. The molecule has 2 aromatic carbocycles. The van der Waals surface area contributed by atoms with Crippen LogP contribution in [0.4, 0.5) is 0 Å². The molecule has 0 bridgehead atoms. The van der Waals surface area contributed by atoms with Gasteiger partial charge in [-0.05, 0) is 92.1 Å². The maximum atomic E-state index is 10.5. The summed E-state index contributed by atoms with van der Waals surface area (Å²) in [6, 6.07) is 15.4. The van der Waals surface area contributed by atoms with Gasteiger partial charge in [-0.3, -0.25) is 0 Å². The van der Waals surface area contributed by atoms with E-state index in [9.17, 15) is 5.11 Å². The van der Waals surface area contributed by atoms with Gasteiger partial charge in [0.2, 0.25) is 5.88 Å². The molecule has 37 heavy (non-hydrogen) atoms. The van der Waals surface area contributed by atoms with Gasteiger partial charge in [-0.15, -0.1) is 6.07 Å². The fourth-order valence-electron chi connectivity index (χ4n) is 4.71. The summed E-state index contributed by atoms with van der Waals surface area (Å²) in [4.78, 5) is 18.6. The van der Waals surface area contributed by atoms with Crippen LogP contribution < -0.4 is 4.74 Å². The number of phenols is 1. The number of fused-ring (bicyclic) bond motifs is 4. The molecule has 0 saturated heterocycles. The van der Waals surface area contributed by atoms with E-state index in [0.29, 0.717) is 28.4 Å². The van der Waals surface area contributed by atoms with E-state index in [2.05, 4.69) is 51.6 Å². The predicted octanol–water partition coefficient (Wildman–Crippen LogP) is 6.35. The second-order valence-electron chi connectivity index (χ2n) is 9.26. The van der Waals surface area contributed by atoms with Crippen molar-refractivity contribution < 1.29 is 30.9 Å². The van der Waals surface area contributed by atoms with Crippen LogP contribution in [-0.4, -0.2) is 29.6 Å². The molecule has 0 aliphatic heterocycles. The number of benzene rings is 2. The molecule has 188 valence electrons. The molecule has 0 atom stereocenters. The average molecular weight is 670 g/mol. The monoisotopic (exact) mass is 669 g/mol. The number of hydrogen-bond donors (Lipinski definition) is 1. The van der Waals surface area contributed by atoms with Gasteiger partial charge in [0, 0.05) is 38.5 Å². The fraction of sp³-hybridized carbons (Fsp3) is 0.172. The van der Waals surface area contributed by atoms with Gasteiger partial charge in [-0.25, -0.2) is 15.0 Å². The number of pyridine rings is 2. The van der Waals surface area contributed by atoms with Crippen LogP contribution in [0.5, 0.6) is 17.4 Å². The summed E-state index contributed by atoms with van der Waals surface area (Å²) in [5.41, 5.74) is 8.36. The molecule has 7 nitrogen and oxygen atoms in total. The standard InChI is InChI=1S/C29H24N5O2.Pt/c1-15-8-9-30-24(12-15)34-23-13-20(14-31-25(23)21-11-16(2)10-18(4)27(21)34)36-29-19(5)32-22-7-6-17(3)28(35)26(22)33-29;/h6-12,14,35H,1-5H3;/q-1;. The molecule has 0 aliphatic rings. The van der Waals surface area contributed by atoms with Crippen LogP contribution in [0.3, 0.4) is 0 Å². The third-order valence-corrected chi connectivity index (χ3v) is 6.40. The molecule has 6 rings (SSSR count). The first-order valence-corrected chi connectivity index (χ1v) is 11.7. The summed E-state index contributed by atoms with van der Waals surface area (Å²) in [7, 11) is 0. The van der Waals surface area contributed by atoms with E-state index in [1.54, 1.807) is 6.20 Å². The third-order valence-electron chi connectivity index (χ3n) is 6.40. The first-order valence-electron chi connectivity index (χ1n) is 11.7. The minimum Gasteiger partial charge on any atom is -0.505 e. The Labute approximate surface area is 228 Å². The molecule has 0 spiro atoms. The Balaban J connectivity index is 0.00000280. The zero-order valence-electron chi connectivity index (χ0n) is 21.0. The molecule has 8 heteroatoms. The van der Waals surface area contributed by atoms with Crippen LogP contribution in [0.15, 0.2) is 48.8 Å². The summed E-state index contributed by atoms with van der Waals surface area (Å²) in [6.45, 7) is 9.88. The Bertz CT molecular complexity index is 1840. The van der Waals surface area contributed by atoms with Gasteiger partial charge in [-0.2, -0.15) is 0 Å². The molecule has 0 radical (unpaired) electrons. The Morgan fingerprint density at radius 1 is 0.865 bits per heavy atom. The molecule has 1 N–H and O–H groups in total. The van der Waals surface area contributed by atoms with E-state index in [1.165, 1.54) is 0 Å². The number of ether oxygens (including phenoxy) is 1. The maximum Gasteiger partial charge on any atom is 0.239 e. The molecule has 6 aromatic rings.